The lowest BCUT2D eigenvalue weighted by molar-refractivity contribution is 0.165. The van der Waals surface area contributed by atoms with Gasteiger partial charge in [0.2, 0.25) is 4.90 Å². The molecule has 118 valence electrons. The molecule has 0 aromatic heterocycles. The minimum Gasteiger partial charge on any atom is -0.606 e. The van der Waals surface area contributed by atoms with Gasteiger partial charge in [0, 0.05) is 30.3 Å². The molecule has 4 heteroatoms. The molecule has 3 nitrogen and oxygen atoms in total. The lowest BCUT2D eigenvalue weighted by atomic mass is 10.1. The number of hydrogen-bond donors (Lipinski definition) is 1. The Morgan fingerprint density at radius 3 is 2.55 bits per heavy atom. The summed E-state index contributed by atoms with van der Waals surface area (Å²) in [6, 6.07) is 15.2. The smallest absolute Gasteiger partial charge is 0.200 e. The fourth-order valence-corrected chi connectivity index (χ4v) is 3.36. The first kappa shape index (κ1) is 16.9. The number of aliphatic hydroxyl groups excluding tert-OH is 1. The van der Waals surface area contributed by atoms with Gasteiger partial charge in [0.25, 0.3) is 0 Å². The zero-order valence-corrected chi connectivity index (χ0v) is 13.8. The van der Waals surface area contributed by atoms with Gasteiger partial charge in [-0.05, 0) is 37.1 Å². The highest BCUT2D eigenvalue weighted by Crippen LogP contribution is 2.31. The van der Waals surface area contributed by atoms with Crippen LogP contribution in [-0.4, -0.2) is 22.4 Å². The van der Waals surface area contributed by atoms with Crippen LogP contribution in [0.5, 0.6) is 5.75 Å². The van der Waals surface area contributed by atoms with E-state index in [-0.39, 0.29) is 12.7 Å². The number of benzene rings is 2. The van der Waals surface area contributed by atoms with E-state index in [9.17, 15) is 4.55 Å². The summed E-state index contributed by atoms with van der Waals surface area (Å²) >= 11 is -1.28. The molecule has 2 aromatic carbocycles. The van der Waals surface area contributed by atoms with Crippen LogP contribution in [0.3, 0.4) is 0 Å². The summed E-state index contributed by atoms with van der Waals surface area (Å²) < 4.78 is 18.7. The number of hydrogen-bond acceptors (Lipinski definition) is 3. The average molecular weight is 318 g/mol. The van der Waals surface area contributed by atoms with Gasteiger partial charge in [0.05, 0.1) is 6.10 Å². The van der Waals surface area contributed by atoms with Crippen molar-refractivity contribution in [1.82, 2.24) is 0 Å². The minimum atomic E-state index is -1.28. The quantitative estimate of drug-likeness (QED) is 0.794. The third-order valence-corrected chi connectivity index (χ3v) is 4.86. The van der Waals surface area contributed by atoms with Crippen LogP contribution in [0.1, 0.15) is 25.8 Å². The molecule has 0 aliphatic carbocycles. The summed E-state index contributed by atoms with van der Waals surface area (Å²) in [4.78, 5) is 1.45. The van der Waals surface area contributed by atoms with Crippen molar-refractivity contribution in [3.63, 3.8) is 0 Å². The molecular formula is C18H22O3S. The van der Waals surface area contributed by atoms with Gasteiger partial charge < -0.3 is 14.4 Å². The summed E-state index contributed by atoms with van der Waals surface area (Å²) in [6.45, 7) is 4.05. The Kier molecular flexibility index (Phi) is 6.31. The third kappa shape index (κ3) is 4.26. The SMILES string of the molecule is CCc1ccc(O[C@H](C)CCO)c([S@@+]([O-])c2ccccc2)c1. The molecule has 0 aliphatic heterocycles. The van der Waals surface area contributed by atoms with Gasteiger partial charge in [-0.15, -0.1) is 0 Å². The van der Waals surface area contributed by atoms with Gasteiger partial charge in [-0.1, -0.05) is 31.2 Å². The molecule has 2 atom stereocenters. The normalized spacial score (nSPS) is 13.6. The Hall–Kier alpha value is -1.49. The Labute approximate surface area is 135 Å². The van der Waals surface area contributed by atoms with Gasteiger partial charge in [0.1, 0.15) is 0 Å². The molecule has 0 radical (unpaired) electrons. The highest BCUT2D eigenvalue weighted by Gasteiger charge is 2.22. The van der Waals surface area contributed by atoms with Crippen molar-refractivity contribution in [2.75, 3.05) is 6.61 Å². The predicted molar refractivity (Wildman–Crippen MR) is 88.7 cm³/mol. The van der Waals surface area contributed by atoms with Crippen molar-refractivity contribution in [1.29, 1.82) is 0 Å². The molecule has 0 saturated heterocycles. The second-order valence-corrected chi connectivity index (χ2v) is 6.61. The molecule has 0 bridgehead atoms. The van der Waals surface area contributed by atoms with E-state index in [0.717, 1.165) is 16.9 Å². The Bertz CT molecular complexity index is 586. The second kappa shape index (κ2) is 8.22. The maximum Gasteiger partial charge on any atom is 0.200 e. The number of aliphatic hydroxyl groups is 1. The Balaban J connectivity index is 2.34. The second-order valence-electron chi connectivity index (χ2n) is 5.16. The maximum atomic E-state index is 12.9. The van der Waals surface area contributed by atoms with Crippen LogP contribution in [0.15, 0.2) is 58.3 Å². The molecule has 0 unspecified atom stereocenters. The van der Waals surface area contributed by atoms with Crippen LogP contribution in [0, 0.1) is 0 Å². The van der Waals surface area contributed by atoms with E-state index < -0.39 is 11.2 Å². The zero-order chi connectivity index (χ0) is 15.9. The fraction of sp³-hybridized carbons (Fsp3) is 0.333. The highest BCUT2D eigenvalue weighted by molar-refractivity contribution is 7.91. The summed E-state index contributed by atoms with van der Waals surface area (Å²) in [5.74, 6) is 0.625. The number of rotatable bonds is 7. The largest absolute Gasteiger partial charge is 0.606 e. The molecule has 0 fully saturated rings. The lowest BCUT2D eigenvalue weighted by Gasteiger charge is -2.18. The number of ether oxygens (including phenoxy) is 1. The van der Waals surface area contributed by atoms with Crippen molar-refractivity contribution in [2.45, 2.75) is 42.6 Å². The van der Waals surface area contributed by atoms with Gasteiger partial charge in [-0.2, -0.15) is 0 Å². The Morgan fingerprint density at radius 2 is 1.91 bits per heavy atom. The average Bonchev–Trinajstić information content (AvgIpc) is 2.55. The first-order valence-corrected chi connectivity index (χ1v) is 8.68. The molecule has 2 rings (SSSR count). The monoisotopic (exact) mass is 318 g/mol. The van der Waals surface area contributed by atoms with Crippen molar-refractivity contribution in [3.8, 4) is 5.75 Å². The maximum absolute atomic E-state index is 12.9. The molecule has 0 amide bonds. The van der Waals surface area contributed by atoms with Gasteiger partial charge in [0.15, 0.2) is 10.6 Å². The summed E-state index contributed by atoms with van der Waals surface area (Å²) in [7, 11) is 0. The van der Waals surface area contributed by atoms with Gasteiger partial charge in [-0.25, -0.2) is 0 Å². The van der Waals surface area contributed by atoms with E-state index in [2.05, 4.69) is 6.92 Å². The molecule has 0 saturated carbocycles. The summed E-state index contributed by atoms with van der Waals surface area (Å²) in [6.07, 6.45) is 1.31. The van der Waals surface area contributed by atoms with E-state index in [4.69, 9.17) is 9.84 Å². The highest BCUT2D eigenvalue weighted by atomic mass is 32.2. The molecular weight excluding hydrogens is 296 g/mol. The van der Waals surface area contributed by atoms with E-state index in [1.54, 1.807) is 0 Å². The standard InChI is InChI=1S/C18H22O3S/c1-3-15-9-10-17(21-14(2)11-12-19)18(13-15)22(20)16-7-5-4-6-8-16/h4-10,13-14,19H,3,11-12H2,1-2H3/t14-,22+/m1/s1. The third-order valence-electron chi connectivity index (χ3n) is 3.44. The topological polar surface area (TPSA) is 52.5 Å². The van der Waals surface area contributed by atoms with E-state index in [1.807, 2.05) is 55.5 Å². The summed E-state index contributed by atoms with van der Waals surface area (Å²) in [5, 5.41) is 9.01. The first-order chi connectivity index (χ1) is 10.7. The van der Waals surface area contributed by atoms with E-state index in [0.29, 0.717) is 17.1 Å². The zero-order valence-electron chi connectivity index (χ0n) is 13.0. The Morgan fingerprint density at radius 1 is 1.18 bits per heavy atom. The molecule has 0 spiro atoms. The van der Waals surface area contributed by atoms with E-state index in [1.165, 1.54) is 0 Å². The van der Waals surface area contributed by atoms with Crippen molar-refractivity contribution >= 4 is 11.2 Å². The molecule has 0 aliphatic rings. The predicted octanol–water partition coefficient (Wildman–Crippen LogP) is 3.57. The van der Waals surface area contributed by atoms with Crippen molar-refractivity contribution < 1.29 is 14.4 Å². The molecule has 1 N–H and O–H groups in total. The number of aryl methyl sites for hydroxylation is 1. The minimum absolute atomic E-state index is 0.0747. The van der Waals surface area contributed by atoms with Crippen LogP contribution < -0.4 is 4.74 Å². The molecule has 22 heavy (non-hydrogen) atoms. The first-order valence-electron chi connectivity index (χ1n) is 7.53. The van der Waals surface area contributed by atoms with Crippen molar-refractivity contribution in [3.05, 3.63) is 54.1 Å². The van der Waals surface area contributed by atoms with Crippen LogP contribution >= 0.6 is 0 Å². The van der Waals surface area contributed by atoms with Crippen LogP contribution in [0.2, 0.25) is 0 Å². The van der Waals surface area contributed by atoms with Crippen LogP contribution in [-0.2, 0) is 17.6 Å². The van der Waals surface area contributed by atoms with Crippen LogP contribution in [0.25, 0.3) is 0 Å². The molecule has 2 aromatic rings. The van der Waals surface area contributed by atoms with E-state index >= 15 is 0 Å². The van der Waals surface area contributed by atoms with Crippen LogP contribution in [0.4, 0.5) is 0 Å². The van der Waals surface area contributed by atoms with Crippen molar-refractivity contribution in [2.24, 2.45) is 0 Å². The summed E-state index contributed by atoms with van der Waals surface area (Å²) in [5.41, 5.74) is 1.13. The molecule has 0 heterocycles. The lowest BCUT2D eigenvalue weighted by Crippen LogP contribution is -2.16. The van der Waals surface area contributed by atoms with Gasteiger partial charge >= 0.3 is 0 Å². The fourth-order valence-electron chi connectivity index (χ4n) is 2.14. The van der Waals surface area contributed by atoms with Gasteiger partial charge in [-0.3, -0.25) is 0 Å².